The van der Waals surface area contributed by atoms with Crippen LogP contribution in [0.5, 0.6) is 0 Å². The number of sulfonamides is 1. The summed E-state index contributed by atoms with van der Waals surface area (Å²) in [6.45, 7) is 4.32. The molecule has 0 unspecified atom stereocenters. The Balaban J connectivity index is 3.01. The number of rotatable bonds is 4. The molecular weight excluding hydrogens is 218 g/mol. The summed E-state index contributed by atoms with van der Waals surface area (Å²) in [4.78, 5) is 10.8. The molecular formula is C8H13N3O3S. The summed E-state index contributed by atoms with van der Waals surface area (Å²) in [5.74, 6) is -0.239. The molecule has 6 nitrogen and oxygen atoms in total. The summed E-state index contributed by atoms with van der Waals surface area (Å²) >= 11 is 0. The van der Waals surface area contributed by atoms with Crippen molar-refractivity contribution in [3.8, 4) is 0 Å². The van der Waals surface area contributed by atoms with Crippen molar-refractivity contribution in [2.24, 2.45) is 0 Å². The average molecular weight is 231 g/mol. The Bertz CT molecular complexity index is 456. The van der Waals surface area contributed by atoms with Crippen LogP contribution in [0.4, 0.5) is 0 Å². The van der Waals surface area contributed by atoms with Crippen molar-refractivity contribution in [3.63, 3.8) is 0 Å². The van der Waals surface area contributed by atoms with E-state index in [4.69, 9.17) is 0 Å². The largest absolute Gasteiger partial charge is 0.299 e. The number of carbonyl (C=O) groups excluding carboxylic acids is 1. The number of aryl methyl sites for hydroxylation is 2. The van der Waals surface area contributed by atoms with Crippen molar-refractivity contribution in [1.82, 2.24) is 14.9 Å². The first-order valence-electron chi connectivity index (χ1n) is 4.35. The second-order valence-corrected chi connectivity index (χ2v) is 4.99. The van der Waals surface area contributed by atoms with Gasteiger partial charge in [-0.2, -0.15) is 5.10 Å². The van der Waals surface area contributed by atoms with Crippen molar-refractivity contribution in [3.05, 3.63) is 11.4 Å². The third kappa shape index (κ3) is 2.63. The van der Waals surface area contributed by atoms with E-state index in [1.54, 1.807) is 13.8 Å². The fourth-order valence-electron chi connectivity index (χ4n) is 1.21. The summed E-state index contributed by atoms with van der Waals surface area (Å²) in [7, 11) is -3.64. The van der Waals surface area contributed by atoms with Crippen LogP contribution in [-0.4, -0.2) is 30.9 Å². The molecule has 0 aliphatic heterocycles. The Morgan fingerprint density at radius 1 is 1.47 bits per heavy atom. The van der Waals surface area contributed by atoms with E-state index in [9.17, 15) is 13.2 Å². The zero-order chi connectivity index (χ0) is 11.6. The summed E-state index contributed by atoms with van der Waals surface area (Å²) in [6, 6.07) is 0. The van der Waals surface area contributed by atoms with E-state index in [-0.39, 0.29) is 17.2 Å². The minimum Gasteiger partial charge on any atom is -0.299 e. The Kier molecular flexibility index (Phi) is 3.25. The molecule has 0 atom stereocenters. The van der Waals surface area contributed by atoms with Crippen LogP contribution in [0.25, 0.3) is 0 Å². The smallest absolute Gasteiger partial charge is 0.244 e. The zero-order valence-corrected chi connectivity index (χ0v) is 9.60. The molecule has 1 heterocycles. The molecule has 1 aromatic heterocycles. The Morgan fingerprint density at radius 2 is 2.07 bits per heavy atom. The number of carbonyl (C=O) groups is 1. The molecule has 7 heteroatoms. The summed E-state index contributed by atoms with van der Waals surface area (Å²) in [5, 5.41) is 6.36. The van der Waals surface area contributed by atoms with E-state index < -0.39 is 10.0 Å². The molecule has 1 aromatic rings. The predicted octanol–water partition coefficient (Wildman–Crippen LogP) is -0.106. The van der Waals surface area contributed by atoms with Crippen LogP contribution in [0.3, 0.4) is 0 Å². The topological polar surface area (TPSA) is 91.9 Å². The maximum Gasteiger partial charge on any atom is 0.244 e. The number of nitrogens with zero attached hydrogens (tertiary/aromatic N) is 1. The molecule has 0 bridgehead atoms. The molecule has 0 spiro atoms. The van der Waals surface area contributed by atoms with Crippen LogP contribution in [0, 0.1) is 13.8 Å². The molecule has 84 valence electrons. The normalized spacial score (nSPS) is 11.7. The SMILES string of the molecule is CC(=O)CNS(=O)(=O)c1c(C)n[nH]c1C. The minimum atomic E-state index is -3.64. The van der Waals surface area contributed by atoms with E-state index in [2.05, 4.69) is 14.9 Å². The number of hydrogen-bond donors (Lipinski definition) is 2. The second-order valence-electron chi connectivity index (χ2n) is 3.29. The van der Waals surface area contributed by atoms with Crippen molar-refractivity contribution < 1.29 is 13.2 Å². The number of ketones is 1. The predicted molar refractivity (Wildman–Crippen MR) is 53.9 cm³/mol. The van der Waals surface area contributed by atoms with Gasteiger partial charge in [0.2, 0.25) is 10.0 Å². The van der Waals surface area contributed by atoms with Crippen LogP contribution in [-0.2, 0) is 14.8 Å². The van der Waals surface area contributed by atoms with Crippen LogP contribution >= 0.6 is 0 Å². The Labute approximate surface area is 88.1 Å². The summed E-state index contributed by atoms with van der Waals surface area (Å²) in [5.41, 5.74) is 0.854. The van der Waals surface area contributed by atoms with Crippen molar-refractivity contribution in [2.45, 2.75) is 25.7 Å². The quantitative estimate of drug-likeness (QED) is 0.756. The van der Waals surface area contributed by atoms with E-state index in [1.807, 2.05) is 0 Å². The van der Waals surface area contributed by atoms with Crippen LogP contribution in [0.2, 0.25) is 0 Å². The second kappa shape index (κ2) is 4.11. The van der Waals surface area contributed by atoms with Gasteiger partial charge in [-0.05, 0) is 20.8 Å². The number of aromatic nitrogens is 2. The van der Waals surface area contributed by atoms with Crippen LogP contribution in [0.1, 0.15) is 18.3 Å². The highest BCUT2D eigenvalue weighted by Gasteiger charge is 2.21. The molecule has 0 amide bonds. The van der Waals surface area contributed by atoms with Gasteiger partial charge < -0.3 is 0 Å². The van der Waals surface area contributed by atoms with Crippen molar-refractivity contribution in [1.29, 1.82) is 0 Å². The lowest BCUT2D eigenvalue weighted by Gasteiger charge is -2.04. The number of Topliss-reactive ketones (excluding diaryl/α,β-unsaturated/α-hetero) is 1. The van der Waals surface area contributed by atoms with Crippen LogP contribution in [0.15, 0.2) is 4.90 Å². The van der Waals surface area contributed by atoms with Gasteiger partial charge in [0.1, 0.15) is 10.7 Å². The van der Waals surface area contributed by atoms with E-state index in [1.165, 1.54) is 6.92 Å². The van der Waals surface area contributed by atoms with E-state index >= 15 is 0 Å². The molecule has 0 radical (unpaired) electrons. The molecule has 1 rings (SSSR count). The number of hydrogen-bond acceptors (Lipinski definition) is 4. The molecule has 2 N–H and O–H groups in total. The summed E-state index contributed by atoms with van der Waals surface area (Å²) in [6.07, 6.45) is 0. The molecule has 0 saturated heterocycles. The maximum absolute atomic E-state index is 11.7. The first-order valence-corrected chi connectivity index (χ1v) is 5.83. The number of aromatic amines is 1. The van der Waals surface area contributed by atoms with Gasteiger partial charge >= 0.3 is 0 Å². The zero-order valence-electron chi connectivity index (χ0n) is 8.79. The van der Waals surface area contributed by atoms with Gasteiger partial charge in [0, 0.05) is 0 Å². The van der Waals surface area contributed by atoms with Gasteiger partial charge in [-0.15, -0.1) is 0 Å². The highest BCUT2D eigenvalue weighted by molar-refractivity contribution is 7.89. The van der Waals surface area contributed by atoms with Crippen LogP contribution < -0.4 is 4.72 Å². The van der Waals surface area contributed by atoms with Gasteiger partial charge in [-0.3, -0.25) is 9.89 Å². The monoisotopic (exact) mass is 231 g/mol. The lowest BCUT2D eigenvalue weighted by atomic mass is 10.4. The third-order valence-electron chi connectivity index (χ3n) is 1.84. The average Bonchev–Trinajstić information content (AvgIpc) is 2.43. The molecule has 0 saturated carbocycles. The number of H-pyrrole nitrogens is 1. The third-order valence-corrected chi connectivity index (χ3v) is 3.50. The van der Waals surface area contributed by atoms with E-state index in [0.717, 1.165) is 0 Å². The Hall–Kier alpha value is -1.21. The van der Waals surface area contributed by atoms with Gasteiger partial charge in [-0.25, -0.2) is 13.1 Å². The first-order chi connectivity index (χ1) is 6.84. The molecule has 15 heavy (non-hydrogen) atoms. The van der Waals surface area contributed by atoms with E-state index in [0.29, 0.717) is 11.4 Å². The fraction of sp³-hybridized carbons (Fsp3) is 0.500. The van der Waals surface area contributed by atoms with Gasteiger partial charge in [0.15, 0.2) is 0 Å². The minimum absolute atomic E-state index is 0.115. The lowest BCUT2D eigenvalue weighted by Crippen LogP contribution is -2.29. The standard InChI is InChI=1S/C8H13N3O3S/c1-5(12)4-9-15(13,14)8-6(2)10-11-7(8)3/h9H,4H2,1-3H3,(H,10,11). The molecule has 0 fully saturated rings. The molecule has 0 aliphatic carbocycles. The van der Waals surface area contributed by atoms with Crippen molar-refractivity contribution in [2.75, 3.05) is 6.54 Å². The van der Waals surface area contributed by atoms with Crippen molar-refractivity contribution >= 4 is 15.8 Å². The lowest BCUT2D eigenvalue weighted by molar-refractivity contribution is -0.115. The fourth-order valence-corrected chi connectivity index (χ4v) is 2.63. The number of nitrogens with one attached hydrogen (secondary N) is 2. The Morgan fingerprint density at radius 3 is 2.47 bits per heavy atom. The van der Waals surface area contributed by atoms with Gasteiger partial charge in [0.05, 0.1) is 17.9 Å². The van der Waals surface area contributed by atoms with Gasteiger partial charge in [0.25, 0.3) is 0 Å². The highest BCUT2D eigenvalue weighted by Crippen LogP contribution is 2.15. The summed E-state index contributed by atoms with van der Waals surface area (Å²) < 4.78 is 25.6. The molecule has 0 aromatic carbocycles. The first kappa shape index (κ1) is 11.9. The maximum atomic E-state index is 11.7. The highest BCUT2D eigenvalue weighted by atomic mass is 32.2. The molecule has 0 aliphatic rings. The van der Waals surface area contributed by atoms with Gasteiger partial charge in [-0.1, -0.05) is 0 Å².